The number of carbonyl (C=O) groups is 2. The van der Waals surface area contributed by atoms with Crippen LogP contribution < -0.4 is 15.4 Å². The molecule has 0 radical (unpaired) electrons. The maximum atomic E-state index is 12.9. The van der Waals surface area contributed by atoms with Gasteiger partial charge in [-0.2, -0.15) is 0 Å². The molecule has 0 spiro atoms. The molecular weight excluding hydrogens is 356 g/mol. The molecule has 1 fully saturated rings. The lowest BCUT2D eigenvalue weighted by atomic mass is 9.92. The summed E-state index contributed by atoms with van der Waals surface area (Å²) in [6.45, 7) is 9.86. The normalized spacial score (nSPS) is 18.9. The molecule has 2 unspecified atom stereocenters. The average Bonchev–Trinajstić information content (AvgIpc) is 3.44. The molecule has 2 N–H and O–H groups in total. The zero-order valence-electron chi connectivity index (χ0n) is 17.9. The fraction of sp³-hybridized carbons (Fsp3) is 0.636. The molecule has 2 atom stereocenters. The van der Waals surface area contributed by atoms with E-state index in [1.54, 1.807) is 7.11 Å². The number of ether oxygens (including phenoxy) is 2. The smallest absolute Gasteiger partial charge is 0.407 e. The summed E-state index contributed by atoms with van der Waals surface area (Å²) in [6.07, 6.45) is 1.79. The lowest BCUT2D eigenvalue weighted by molar-refractivity contribution is -0.124. The molecule has 156 valence electrons. The molecule has 2 amide bonds. The van der Waals surface area contributed by atoms with E-state index in [0.29, 0.717) is 6.54 Å². The summed E-state index contributed by atoms with van der Waals surface area (Å²) in [5.74, 6) is 0.980. The van der Waals surface area contributed by atoms with Crippen molar-refractivity contribution in [1.82, 2.24) is 10.6 Å². The van der Waals surface area contributed by atoms with Crippen LogP contribution in [0.15, 0.2) is 24.3 Å². The molecule has 1 saturated carbocycles. The van der Waals surface area contributed by atoms with Crippen molar-refractivity contribution >= 4 is 12.0 Å². The van der Waals surface area contributed by atoms with Gasteiger partial charge in [0.25, 0.3) is 0 Å². The summed E-state index contributed by atoms with van der Waals surface area (Å²) < 4.78 is 10.7. The zero-order chi connectivity index (χ0) is 20.9. The Morgan fingerprint density at radius 3 is 2.36 bits per heavy atom. The minimum atomic E-state index is -0.551. The molecule has 1 aliphatic rings. The van der Waals surface area contributed by atoms with E-state index in [4.69, 9.17) is 9.47 Å². The fourth-order valence-corrected chi connectivity index (χ4v) is 3.43. The minimum Gasteiger partial charge on any atom is -0.496 e. The number of nitrogens with one attached hydrogen (secondary N) is 2. The zero-order valence-corrected chi connectivity index (χ0v) is 17.9. The first kappa shape index (κ1) is 22.1. The third-order valence-electron chi connectivity index (χ3n) is 5.38. The molecule has 0 aliphatic heterocycles. The van der Waals surface area contributed by atoms with E-state index < -0.39 is 17.2 Å². The standard InChI is InChI=1S/C22H34N2O4/c1-7-22(8-2,14-23-20(26)28-21(3,4)5)24-19(25)17-13-16(17)15-11-9-10-12-18(15)27-6/h9-12,16-17H,7-8,13-14H2,1-6H3,(H,23,26)(H,24,25). The monoisotopic (exact) mass is 390 g/mol. The van der Waals surface area contributed by atoms with Crippen molar-refractivity contribution in [1.29, 1.82) is 0 Å². The number of para-hydroxylation sites is 1. The van der Waals surface area contributed by atoms with E-state index in [9.17, 15) is 9.59 Å². The highest BCUT2D eigenvalue weighted by Gasteiger charge is 2.47. The van der Waals surface area contributed by atoms with Gasteiger partial charge >= 0.3 is 6.09 Å². The van der Waals surface area contributed by atoms with Crippen LogP contribution in [0.25, 0.3) is 0 Å². The van der Waals surface area contributed by atoms with Gasteiger partial charge in [-0.3, -0.25) is 4.79 Å². The largest absolute Gasteiger partial charge is 0.496 e. The topological polar surface area (TPSA) is 76.7 Å². The van der Waals surface area contributed by atoms with Crippen molar-refractivity contribution < 1.29 is 19.1 Å². The molecule has 1 aromatic rings. The van der Waals surface area contributed by atoms with Crippen molar-refractivity contribution in [3.05, 3.63) is 29.8 Å². The van der Waals surface area contributed by atoms with Crippen molar-refractivity contribution in [3.8, 4) is 5.75 Å². The SMILES string of the molecule is CCC(CC)(CNC(=O)OC(C)(C)C)NC(=O)C1CC1c1ccccc1OC. The molecule has 0 heterocycles. The second-order valence-electron chi connectivity index (χ2n) is 8.52. The van der Waals surface area contributed by atoms with Gasteiger partial charge in [0.1, 0.15) is 11.4 Å². The number of hydrogen-bond donors (Lipinski definition) is 2. The molecule has 0 aromatic heterocycles. The fourth-order valence-electron chi connectivity index (χ4n) is 3.43. The first-order valence-electron chi connectivity index (χ1n) is 10.1. The second-order valence-corrected chi connectivity index (χ2v) is 8.52. The van der Waals surface area contributed by atoms with Crippen LogP contribution in [0.2, 0.25) is 0 Å². The predicted molar refractivity (Wildman–Crippen MR) is 110 cm³/mol. The first-order chi connectivity index (χ1) is 13.1. The molecule has 2 rings (SSSR count). The van der Waals surface area contributed by atoms with Gasteiger partial charge in [-0.05, 0) is 57.6 Å². The molecule has 6 nitrogen and oxygen atoms in total. The van der Waals surface area contributed by atoms with E-state index in [1.165, 1.54) is 0 Å². The Morgan fingerprint density at radius 1 is 1.14 bits per heavy atom. The lowest BCUT2D eigenvalue weighted by Gasteiger charge is -2.33. The minimum absolute atomic E-state index is 0.0330. The number of carbonyl (C=O) groups excluding carboxylic acids is 2. The van der Waals surface area contributed by atoms with Crippen LogP contribution in [0.3, 0.4) is 0 Å². The van der Waals surface area contributed by atoms with Crippen LogP contribution in [-0.4, -0.2) is 36.8 Å². The number of alkyl carbamates (subject to hydrolysis) is 1. The third-order valence-corrected chi connectivity index (χ3v) is 5.38. The Labute approximate surface area is 168 Å². The quantitative estimate of drug-likeness (QED) is 0.703. The number of methoxy groups -OCH3 is 1. The van der Waals surface area contributed by atoms with E-state index in [0.717, 1.165) is 30.6 Å². The van der Waals surface area contributed by atoms with Gasteiger partial charge in [-0.25, -0.2) is 4.79 Å². The predicted octanol–water partition coefficient (Wildman–Crippen LogP) is 4.00. The van der Waals surface area contributed by atoms with E-state index in [1.807, 2.05) is 58.9 Å². The second kappa shape index (κ2) is 8.84. The van der Waals surface area contributed by atoms with Gasteiger partial charge in [0.2, 0.25) is 5.91 Å². The summed E-state index contributed by atoms with van der Waals surface area (Å²) in [4.78, 5) is 24.9. The molecule has 28 heavy (non-hydrogen) atoms. The molecular formula is C22H34N2O4. The van der Waals surface area contributed by atoms with Gasteiger partial charge in [0.05, 0.1) is 12.6 Å². The Morgan fingerprint density at radius 2 is 1.79 bits per heavy atom. The number of benzene rings is 1. The average molecular weight is 391 g/mol. The van der Waals surface area contributed by atoms with Crippen LogP contribution in [0.4, 0.5) is 4.79 Å². The van der Waals surface area contributed by atoms with Crippen LogP contribution in [0.1, 0.15) is 65.4 Å². The number of rotatable bonds is 8. The van der Waals surface area contributed by atoms with Gasteiger partial charge < -0.3 is 20.1 Å². The van der Waals surface area contributed by atoms with Gasteiger partial charge in [-0.1, -0.05) is 32.0 Å². The maximum Gasteiger partial charge on any atom is 0.407 e. The van der Waals surface area contributed by atoms with E-state index in [-0.39, 0.29) is 17.7 Å². The molecule has 0 saturated heterocycles. The van der Waals surface area contributed by atoms with E-state index in [2.05, 4.69) is 10.6 Å². The summed E-state index contributed by atoms with van der Waals surface area (Å²) in [5.41, 5.74) is 0.0439. The molecule has 1 aromatic carbocycles. The molecule has 0 bridgehead atoms. The van der Waals surface area contributed by atoms with Gasteiger partial charge in [0.15, 0.2) is 0 Å². The van der Waals surface area contributed by atoms with Crippen LogP contribution in [0, 0.1) is 5.92 Å². The number of hydrogen-bond acceptors (Lipinski definition) is 4. The van der Waals surface area contributed by atoms with Crippen LogP contribution >= 0.6 is 0 Å². The molecule has 6 heteroatoms. The molecule has 1 aliphatic carbocycles. The van der Waals surface area contributed by atoms with Gasteiger partial charge in [0, 0.05) is 12.5 Å². The highest BCUT2D eigenvalue weighted by Crippen LogP contribution is 2.50. The Bertz CT molecular complexity index is 692. The van der Waals surface area contributed by atoms with Crippen LogP contribution in [-0.2, 0) is 9.53 Å². The summed E-state index contributed by atoms with van der Waals surface area (Å²) in [5, 5.41) is 6.01. The lowest BCUT2D eigenvalue weighted by Crippen LogP contribution is -2.55. The van der Waals surface area contributed by atoms with Gasteiger partial charge in [-0.15, -0.1) is 0 Å². The highest BCUT2D eigenvalue weighted by molar-refractivity contribution is 5.84. The van der Waals surface area contributed by atoms with Crippen molar-refractivity contribution in [2.45, 2.75) is 70.9 Å². The summed E-state index contributed by atoms with van der Waals surface area (Å²) >= 11 is 0. The Balaban J connectivity index is 1.98. The van der Waals surface area contributed by atoms with Crippen LogP contribution in [0.5, 0.6) is 5.75 Å². The highest BCUT2D eigenvalue weighted by atomic mass is 16.6. The summed E-state index contributed by atoms with van der Waals surface area (Å²) in [7, 11) is 1.65. The first-order valence-corrected chi connectivity index (χ1v) is 10.1. The van der Waals surface area contributed by atoms with Crippen molar-refractivity contribution in [2.75, 3.05) is 13.7 Å². The summed E-state index contributed by atoms with van der Waals surface area (Å²) in [6, 6.07) is 7.85. The maximum absolute atomic E-state index is 12.9. The Kier molecular flexibility index (Phi) is 6.96. The Hall–Kier alpha value is -2.24. The van der Waals surface area contributed by atoms with E-state index >= 15 is 0 Å². The number of amides is 2. The van der Waals surface area contributed by atoms with Crippen molar-refractivity contribution in [3.63, 3.8) is 0 Å². The third kappa shape index (κ3) is 5.63. The van der Waals surface area contributed by atoms with Crippen molar-refractivity contribution in [2.24, 2.45) is 5.92 Å².